The molecule has 0 atom stereocenters. The quantitative estimate of drug-likeness (QED) is 0.643. The van der Waals surface area contributed by atoms with Gasteiger partial charge in [-0.25, -0.2) is 9.97 Å². The molecule has 12 heavy (non-hydrogen) atoms. The van der Waals surface area contributed by atoms with Crippen molar-refractivity contribution in [2.24, 2.45) is 0 Å². The molecule has 0 aliphatic heterocycles. The third-order valence-corrected chi connectivity index (χ3v) is 1.29. The highest BCUT2D eigenvalue weighted by molar-refractivity contribution is 5.79. The minimum atomic E-state index is -0.0754. The van der Waals surface area contributed by atoms with Crippen LogP contribution in [-0.2, 0) is 4.79 Å². The Hall–Kier alpha value is -1.65. The lowest BCUT2D eigenvalue weighted by Gasteiger charge is -2.02. The van der Waals surface area contributed by atoms with Crippen LogP contribution in [0.2, 0.25) is 0 Å². The summed E-state index contributed by atoms with van der Waals surface area (Å²) >= 11 is 0. The highest BCUT2D eigenvalue weighted by atomic mass is 16.1. The van der Waals surface area contributed by atoms with E-state index in [4.69, 9.17) is 0 Å². The number of likely N-dealkylation sites (N-methyl/N-ethyl adjacent to an activating group) is 1. The Morgan fingerprint density at radius 2 is 2.50 bits per heavy atom. The molecule has 5 nitrogen and oxygen atoms in total. The summed E-state index contributed by atoms with van der Waals surface area (Å²) < 4.78 is 0. The van der Waals surface area contributed by atoms with Crippen LogP contribution < -0.4 is 10.6 Å². The lowest BCUT2D eigenvalue weighted by atomic mass is 10.5. The van der Waals surface area contributed by atoms with Crippen molar-refractivity contribution < 1.29 is 4.79 Å². The number of hydrogen-bond donors (Lipinski definition) is 2. The van der Waals surface area contributed by atoms with E-state index < -0.39 is 0 Å². The summed E-state index contributed by atoms with van der Waals surface area (Å²) in [5, 5.41) is 5.32. The standard InChI is InChI=1S/C7H10N4O/c1-8-7(12)4-10-6-2-3-9-5-11-6/h2-3,5H,4H2,1H3,(H,8,12)(H,9,10,11). The van der Waals surface area contributed by atoms with Crippen LogP contribution in [-0.4, -0.2) is 29.5 Å². The van der Waals surface area contributed by atoms with Gasteiger partial charge in [-0.2, -0.15) is 0 Å². The maximum atomic E-state index is 10.8. The van der Waals surface area contributed by atoms with Gasteiger partial charge in [-0.1, -0.05) is 0 Å². The summed E-state index contributed by atoms with van der Waals surface area (Å²) in [4.78, 5) is 18.4. The predicted octanol–water partition coefficient (Wildman–Crippen LogP) is -0.366. The minimum absolute atomic E-state index is 0.0754. The number of nitrogens with one attached hydrogen (secondary N) is 2. The van der Waals surface area contributed by atoms with Crippen molar-refractivity contribution in [1.82, 2.24) is 15.3 Å². The third kappa shape index (κ3) is 2.53. The van der Waals surface area contributed by atoms with Gasteiger partial charge in [-0.15, -0.1) is 0 Å². The van der Waals surface area contributed by atoms with Crippen LogP contribution in [0.25, 0.3) is 0 Å². The van der Waals surface area contributed by atoms with Gasteiger partial charge in [0.1, 0.15) is 12.1 Å². The molecule has 1 aromatic rings. The molecule has 1 rings (SSSR count). The first-order chi connectivity index (χ1) is 5.83. The van der Waals surface area contributed by atoms with E-state index in [2.05, 4.69) is 20.6 Å². The van der Waals surface area contributed by atoms with E-state index in [1.165, 1.54) is 6.33 Å². The number of rotatable bonds is 3. The van der Waals surface area contributed by atoms with E-state index >= 15 is 0 Å². The molecule has 0 aliphatic rings. The number of carbonyl (C=O) groups is 1. The SMILES string of the molecule is CNC(=O)CNc1ccncn1. The lowest BCUT2D eigenvalue weighted by Crippen LogP contribution is -2.26. The van der Waals surface area contributed by atoms with E-state index in [1.807, 2.05) is 0 Å². The summed E-state index contributed by atoms with van der Waals surface area (Å²) in [5.74, 6) is 0.571. The molecule has 5 heteroatoms. The molecule has 0 saturated carbocycles. The Morgan fingerprint density at radius 3 is 3.08 bits per heavy atom. The van der Waals surface area contributed by atoms with E-state index in [0.29, 0.717) is 5.82 Å². The van der Waals surface area contributed by atoms with Crippen LogP contribution in [0.15, 0.2) is 18.6 Å². The van der Waals surface area contributed by atoms with Gasteiger partial charge in [0, 0.05) is 13.2 Å². The van der Waals surface area contributed by atoms with Gasteiger partial charge in [0.05, 0.1) is 6.54 Å². The molecule has 0 bridgehead atoms. The van der Waals surface area contributed by atoms with Crippen molar-refractivity contribution in [3.63, 3.8) is 0 Å². The zero-order chi connectivity index (χ0) is 8.81. The van der Waals surface area contributed by atoms with Gasteiger partial charge in [-0.3, -0.25) is 4.79 Å². The average Bonchev–Trinajstić information content (AvgIpc) is 2.16. The Labute approximate surface area is 70.2 Å². The molecule has 0 radical (unpaired) electrons. The molecule has 0 spiro atoms. The first-order valence-corrected chi connectivity index (χ1v) is 3.53. The molecule has 1 aromatic heterocycles. The van der Waals surface area contributed by atoms with E-state index in [9.17, 15) is 4.79 Å². The fourth-order valence-corrected chi connectivity index (χ4v) is 0.654. The molecular weight excluding hydrogens is 156 g/mol. The zero-order valence-corrected chi connectivity index (χ0v) is 6.74. The van der Waals surface area contributed by atoms with Crippen LogP contribution in [0.5, 0.6) is 0 Å². The van der Waals surface area contributed by atoms with Gasteiger partial charge in [0.2, 0.25) is 5.91 Å². The predicted molar refractivity (Wildman–Crippen MR) is 44.6 cm³/mol. The number of aromatic nitrogens is 2. The summed E-state index contributed by atoms with van der Waals surface area (Å²) in [7, 11) is 1.59. The molecule has 0 unspecified atom stereocenters. The number of anilines is 1. The molecule has 0 aromatic carbocycles. The van der Waals surface area contributed by atoms with Crippen LogP contribution in [0, 0.1) is 0 Å². The maximum absolute atomic E-state index is 10.8. The molecule has 0 fully saturated rings. The number of nitrogens with zero attached hydrogens (tertiary/aromatic N) is 2. The Bertz CT molecular complexity index is 249. The third-order valence-electron chi connectivity index (χ3n) is 1.29. The van der Waals surface area contributed by atoms with Gasteiger partial charge in [0.25, 0.3) is 0 Å². The van der Waals surface area contributed by atoms with Crippen LogP contribution in [0.1, 0.15) is 0 Å². The van der Waals surface area contributed by atoms with Crippen molar-refractivity contribution in [2.75, 3.05) is 18.9 Å². The summed E-state index contributed by atoms with van der Waals surface area (Å²) in [6, 6.07) is 1.70. The highest BCUT2D eigenvalue weighted by Crippen LogP contribution is 1.95. The van der Waals surface area contributed by atoms with Crippen LogP contribution in [0.4, 0.5) is 5.82 Å². The molecule has 0 aliphatic carbocycles. The molecule has 1 amide bonds. The second-order valence-corrected chi connectivity index (χ2v) is 2.12. The van der Waals surface area contributed by atoms with Crippen molar-refractivity contribution in [2.45, 2.75) is 0 Å². The number of amides is 1. The van der Waals surface area contributed by atoms with Gasteiger partial charge >= 0.3 is 0 Å². The Morgan fingerprint density at radius 1 is 1.67 bits per heavy atom. The van der Waals surface area contributed by atoms with Gasteiger partial charge in [0.15, 0.2) is 0 Å². The number of hydrogen-bond acceptors (Lipinski definition) is 4. The smallest absolute Gasteiger partial charge is 0.239 e. The van der Waals surface area contributed by atoms with Crippen molar-refractivity contribution in [3.8, 4) is 0 Å². The second kappa shape index (κ2) is 4.27. The fraction of sp³-hybridized carbons (Fsp3) is 0.286. The first-order valence-electron chi connectivity index (χ1n) is 3.53. The van der Waals surface area contributed by atoms with Crippen LogP contribution >= 0.6 is 0 Å². The van der Waals surface area contributed by atoms with Gasteiger partial charge < -0.3 is 10.6 Å². The van der Waals surface area contributed by atoms with Crippen molar-refractivity contribution >= 4 is 11.7 Å². The van der Waals surface area contributed by atoms with Crippen molar-refractivity contribution in [3.05, 3.63) is 18.6 Å². The fourth-order valence-electron chi connectivity index (χ4n) is 0.654. The van der Waals surface area contributed by atoms with E-state index in [0.717, 1.165) is 0 Å². The van der Waals surface area contributed by atoms with Crippen molar-refractivity contribution in [1.29, 1.82) is 0 Å². The molecule has 64 valence electrons. The van der Waals surface area contributed by atoms with Crippen LogP contribution in [0.3, 0.4) is 0 Å². The topological polar surface area (TPSA) is 66.9 Å². The lowest BCUT2D eigenvalue weighted by molar-refractivity contribution is -0.118. The highest BCUT2D eigenvalue weighted by Gasteiger charge is 1.96. The second-order valence-electron chi connectivity index (χ2n) is 2.12. The maximum Gasteiger partial charge on any atom is 0.239 e. The largest absolute Gasteiger partial charge is 0.361 e. The summed E-state index contributed by atoms with van der Waals surface area (Å²) in [6.07, 6.45) is 3.03. The Balaban J connectivity index is 2.38. The van der Waals surface area contributed by atoms with Gasteiger partial charge in [-0.05, 0) is 6.07 Å². The summed E-state index contributed by atoms with van der Waals surface area (Å²) in [5.41, 5.74) is 0. The molecule has 2 N–H and O–H groups in total. The average molecular weight is 166 g/mol. The normalized spacial score (nSPS) is 9.08. The zero-order valence-electron chi connectivity index (χ0n) is 6.74. The Kier molecular flexibility index (Phi) is 3.01. The molecule has 1 heterocycles. The molecule has 0 saturated heterocycles. The monoisotopic (exact) mass is 166 g/mol. The minimum Gasteiger partial charge on any atom is -0.361 e. The van der Waals surface area contributed by atoms with E-state index in [1.54, 1.807) is 19.3 Å². The number of carbonyl (C=O) groups excluding carboxylic acids is 1. The first kappa shape index (κ1) is 8.45. The molecular formula is C7H10N4O. The van der Waals surface area contributed by atoms with E-state index in [-0.39, 0.29) is 12.5 Å². The summed E-state index contributed by atoms with van der Waals surface area (Å²) in [6.45, 7) is 0.230.